The lowest BCUT2D eigenvalue weighted by molar-refractivity contribution is 0.00924. The minimum Gasteiger partial charge on any atom is -0.383 e. The van der Waals surface area contributed by atoms with Gasteiger partial charge in [-0.2, -0.15) is 0 Å². The van der Waals surface area contributed by atoms with Crippen LogP contribution in [0.3, 0.4) is 0 Å². The van der Waals surface area contributed by atoms with E-state index < -0.39 is 0 Å². The summed E-state index contributed by atoms with van der Waals surface area (Å²) in [7, 11) is 1.73. The van der Waals surface area contributed by atoms with E-state index in [1.54, 1.807) is 25.3 Å². The summed E-state index contributed by atoms with van der Waals surface area (Å²) in [4.78, 5) is 20.7. The minimum absolute atomic E-state index is 0.0153. The van der Waals surface area contributed by atoms with Crippen molar-refractivity contribution in [2.75, 3.05) is 46.4 Å². The van der Waals surface area contributed by atoms with E-state index in [2.05, 4.69) is 9.88 Å². The molecule has 6 heteroatoms. The lowest BCUT2D eigenvalue weighted by atomic mass is 9.79. The number of hydrogen-bond donors (Lipinski definition) is 0. The number of halogens is 1. The number of carbonyl (C=O) groups excluding carboxylic acids is 1. The predicted octanol–water partition coefficient (Wildman–Crippen LogP) is 1.53. The summed E-state index contributed by atoms with van der Waals surface area (Å²) >= 11 is 5.84. The smallest absolute Gasteiger partial charge is 0.272 e. The molecule has 0 atom stereocenters. The van der Waals surface area contributed by atoms with Crippen LogP contribution in [-0.4, -0.2) is 67.1 Å². The second-order valence-electron chi connectivity index (χ2n) is 6.03. The third-order valence-corrected chi connectivity index (χ3v) is 4.61. The van der Waals surface area contributed by atoms with Gasteiger partial charge in [-0.1, -0.05) is 17.7 Å². The Kier molecular flexibility index (Phi) is 4.15. The van der Waals surface area contributed by atoms with Gasteiger partial charge in [0, 0.05) is 38.7 Å². The summed E-state index contributed by atoms with van der Waals surface area (Å²) in [6.07, 6.45) is 1.16. The zero-order valence-electron chi connectivity index (χ0n) is 12.2. The fraction of sp³-hybridized carbons (Fsp3) is 0.600. The highest BCUT2D eigenvalue weighted by Crippen LogP contribution is 2.39. The number of nitrogens with zero attached hydrogens (tertiary/aromatic N) is 3. The van der Waals surface area contributed by atoms with Crippen molar-refractivity contribution < 1.29 is 9.53 Å². The van der Waals surface area contributed by atoms with E-state index in [1.807, 2.05) is 4.90 Å². The van der Waals surface area contributed by atoms with Gasteiger partial charge in [-0.3, -0.25) is 4.79 Å². The van der Waals surface area contributed by atoms with Crippen LogP contribution in [0.4, 0.5) is 0 Å². The fourth-order valence-electron chi connectivity index (χ4n) is 3.29. The van der Waals surface area contributed by atoms with Gasteiger partial charge in [0.25, 0.3) is 5.91 Å². The topological polar surface area (TPSA) is 45.7 Å². The number of ether oxygens (including phenoxy) is 1. The lowest BCUT2D eigenvalue weighted by Gasteiger charge is -2.48. The summed E-state index contributed by atoms with van der Waals surface area (Å²) in [5.74, 6) is -0.0153. The number of pyridine rings is 1. The molecule has 2 fully saturated rings. The summed E-state index contributed by atoms with van der Waals surface area (Å²) in [5.41, 5.74) is 0.716. The first-order valence-corrected chi connectivity index (χ1v) is 7.63. The van der Waals surface area contributed by atoms with Gasteiger partial charge in [0.1, 0.15) is 10.8 Å². The molecule has 1 amide bonds. The monoisotopic (exact) mass is 309 g/mol. The Hall–Kier alpha value is -1.17. The largest absolute Gasteiger partial charge is 0.383 e. The van der Waals surface area contributed by atoms with Gasteiger partial charge in [0.2, 0.25) is 0 Å². The van der Waals surface area contributed by atoms with Gasteiger partial charge in [-0.15, -0.1) is 0 Å². The van der Waals surface area contributed by atoms with Crippen LogP contribution < -0.4 is 0 Å². The second-order valence-corrected chi connectivity index (χ2v) is 6.41. The van der Waals surface area contributed by atoms with Gasteiger partial charge in [0.05, 0.1) is 6.61 Å². The van der Waals surface area contributed by atoms with Crippen molar-refractivity contribution >= 4 is 17.5 Å². The molecule has 2 aliphatic rings. The zero-order chi connectivity index (χ0) is 14.9. The molecule has 0 aromatic carbocycles. The average Bonchev–Trinajstić information content (AvgIpc) is 2.87. The number of amides is 1. The van der Waals surface area contributed by atoms with Crippen molar-refractivity contribution in [3.8, 4) is 0 Å². The molecule has 0 bridgehead atoms. The van der Waals surface area contributed by atoms with Gasteiger partial charge in [-0.05, 0) is 25.1 Å². The number of hydrogen-bond acceptors (Lipinski definition) is 4. The Morgan fingerprint density at radius 2 is 2.24 bits per heavy atom. The number of likely N-dealkylation sites (tertiary alicyclic amines) is 2. The van der Waals surface area contributed by atoms with Crippen LogP contribution in [0.1, 0.15) is 16.9 Å². The molecule has 1 aromatic rings. The van der Waals surface area contributed by atoms with Gasteiger partial charge >= 0.3 is 0 Å². The van der Waals surface area contributed by atoms with Gasteiger partial charge in [0.15, 0.2) is 0 Å². The molecule has 114 valence electrons. The normalized spacial score (nSPS) is 20.8. The van der Waals surface area contributed by atoms with Crippen LogP contribution in [0, 0.1) is 5.41 Å². The van der Waals surface area contributed by atoms with Crippen molar-refractivity contribution in [2.24, 2.45) is 5.41 Å². The summed E-state index contributed by atoms with van der Waals surface area (Å²) in [6.45, 7) is 5.55. The lowest BCUT2D eigenvalue weighted by Crippen LogP contribution is -2.59. The fourth-order valence-corrected chi connectivity index (χ4v) is 3.46. The van der Waals surface area contributed by atoms with E-state index in [9.17, 15) is 4.79 Å². The van der Waals surface area contributed by atoms with Crippen molar-refractivity contribution in [3.63, 3.8) is 0 Å². The minimum atomic E-state index is -0.0153. The van der Waals surface area contributed by atoms with E-state index in [1.165, 1.54) is 0 Å². The van der Waals surface area contributed by atoms with E-state index >= 15 is 0 Å². The summed E-state index contributed by atoms with van der Waals surface area (Å²) in [5, 5.41) is 0.364. The molecule has 0 radical (unpaired) electrons. The molecule has 0 saturated carbocycles. The van der Waals surface area contributed by atoms with Crippen molar-refractivity contribution in [1.29, 1.82) is 0 Å². The highest BCUT2D eigenvalue weighted by Gasteiger charge is 2.49. The molecule has 1 aromatic heterocycles. The first-order valence-electron chi connectivity index (χ1n) is 7.25. The zero-order valence-corrected chi connectivity index (χ0v) is 13.0. The number of aromatic nitrogens is 1. The number of methoxy groups -OCH3 is 1. The first kappa shape index (κ1) is 14.8. The van der Waals surface area contributed by atoms with Crippen LogP contribution in [0.2, 0.25) is 5.15 Å². The van der Waals surface area contributed by atoms with Crippen molar-refractivity contribution in [3.05, 3.63) is 29.0 Å². The quantitative estimate of drug-likeness (QED) is 0.791. The molecular formula is C15H20ClN3O2. The Labute approximate surface area is 129 Å². The highest BCUT2D eigenvalue weighted by molar-refractivity contribution is 6.29. The Morgan fingerprint density at radius 3 is 2.95 bits per heavy atom. The molecule has 3 heterocycles. The third kappa shape index (κ3) is 3.05. The second kappa shape index (κ2) is 5.91. The molecule has 2 saturated heterocycles. The van der Waals surface area contributed by atoms with Gasteiger partial charge in [-0.25, -0.2) is 4.98 Å². The highest BCUT2D eigenvalue weighted by atomic mass is 35.5. The number of rotatable bonds is 4. The molecular weight excluding hydrogens is 290 g/mol. The van der Waals surface area contributed by atoms with Crippen LogP contribution in [-0.2, 0) is 4.74 Å². The molecule has 0 unspecified atom stereocenters. The van der Waals surface area contributed by atoms with E-state index in [-0.39, 0.29) is 11.3 Å². The summed E-state index contributed by atoms with van der Waals surface area (Å²) in [6, 6.07) is 5.17. The molecule has 5 nitrogen and oxygen atoms in total. The first-order chi connectivity index (χ1) is 10.1. The van der Waals surface area contributed by atoms with Crippen molar-refractivity contribution in [1.82, 2.24) is 14.8 Å². The molecule has 0 N–H and O–H groups in total. The maximum absolute atomic E-state index is 12.3. The Morgan fingerprint density at radius 1 is 1.43 bits per heavy atom. The standard InChI is InChI=1S/C15H20ClN3O2/c1-21-8-7-18-6-5-15(9-18)10-19(11-15)14(20)12-3-2-4-13(16)17-12/h2-4H,5-11H2,1H3. The van der Waals surface area contributed by atoms with Crippen LogP contribution in [0.15, 0.2) is 18.2 Å². The molecule has 2 aliphatic heterocycles. The Bertz CT molecular complexity index is 531. The third-order valence-electron chi connectivity index (χ3n) is 4.40. The summed E-state index contributed by atoms with van der Waals surface area (Å²) < 4.78 is 5.13. The molecule has 21 heavy (non-hydrogen) atoms. The van der Waals surface area contributed by atoms with Crippen molar-refractivity contribution in [2.45, 2.75) is 6.42 Å². The average molecular weight is 310 g/mol. The maximum Gasteiger partial charge on any atom is 0.272 e. The van der Waals surface area contributed by atoms with Gasteiger partial charge < -0.3 is 14.5 Å². The SMILES string of the molecule is COCCN1CCC2(C1)CN(C(=O)c1cccc(Cl)n1)C2. The van der Waals surface area contributed by atoms with Crippen LogP contribution in [0.5, 0.6) is 0 Å². The maximum atomic E-state index is 12.3. The Balaban J connectivity index is 1.55. The van der Waals surface area contributed by atoms with Crippen LogP contribution in [0.25, 0.3) is 0 Å². The van der Waals surface area contributed by atoms with Crippen LogP contribution >= 0.6 is 11.6 Å². The van der Waals surface area contributed by atoms with E-state index in [0.717, 1.165) is 45.8 Å². The molecule has 3 rings (SSSR count). The molecule has 0 aliphatic carbocycles. The molecule has 1 spiro atoms. The predicted molar refractivity (Wildman–Crippen MR) is 80.5 cm³/mol. The van der Waals surface area contributed by atoms with E-state index in [0.29, 0.717) is 10.8 Å². The number of carbonyl (C=O) groups is 1. The van der Waals surface area contributed by atoms with E-state index in [4.69, 9.17) is 16.3 Å².